The third kappa shape index (κ3) is 2.14. The van der Waals surface area contributed by atoms with Crippen molar-refractivity contribution in [2.75, 3.05) is 0 Å². The fourth-order valence-corrected chi connectivity index (χ4v) is 4.50. The summed E-state index contributed by atoms with van der Waals surface area (Å²) in [7, 11) is 0. The lowest BCUT2D eigenvalue weighted by molar-refractivity contribution is 0.553. The van der Waals surface area contributed by atoms with Gasteiger partial charge in [-0.25, -0.2) is 4.98 Å². The van der Waals surface area contributed by atoms with E-state index in [0.29, 0.717) is 10.7 Å². The van der Waals surface area contributed by atoms with Crippen LogP contribution in [0.4, 0.5) is 0 Å². The lowest BCUT2D eigenvalue weighted by Gasteiger charge is -2.12. The van der Waals surface area contributed by atoms with Crippen molar-refractivity contribution < 1.29 is 0 Å². The Kier molecular flexibility index (Phi) is 3.29. The summed E-state index contributed by atoms with van der Waals surface area (Å²) in [6.07, 6.45) is 2.26. The van der Waals surface area contributed by atoms with Gasteiger partial charge in [0.1, 0.15) is 0 Å². The number of fused-ring (bicyclic) bond motifs is 1. The summed E-state index contributed by atoms with van der Waals surface area (Å²) in [5.41, 5.74) is 4.15. The van der Waals surface area contributed by atoms with E-state index in [0.717, 1.165) is 6.42 Å². The zero-order valence-corrected chi connectivity index (χ0v) is 13.0. The molecule has 0 saturated carbocycles. The maximum absolute atomic E-state index is 4.67. The molecular formula is C15H16BrNS. The topological polar surface area (TPSA) is 12.9 Å². The highest BCUT2D eigenvalue weighted by Crippen LogP contribution is 2.43. The number of aromatic nitrogens is 1. The Labute approximate surface area is 120 Å². The zero-order chi connectivity index (χ0) is 12.7. The minimum absolute atomic E-state index is 0.484. The first-order chi connectivity index (χ1) is 8.65. The summed E-state index contributed by atoms with van der Waals surface area (Å²) in [5, 5.41) is 1.28. The Morgan fingerprint density at radius 1 is 1.33 bits per heavy atom. The Hall–Kier alpha value is -0.670. The molecule has 0 radical (unpaired) electrons. The summed E-state index contributed by atoms with van der Waals surface area (Å²) >= 11 is 5.71. The number of halogens is 1. The smallest absolute Gasteiger partial charge is 0.0934 e. The number of rotatable bonds is 2. The standard InChI is InChI=1S/C15H16BrNS/c1-9-10(2)18-14(17-9)8-12-7-11-5-3-4-6-13(11)15(12)16/h3-6,12,15H,7-8H2,1-2H3. The molecule has 2 atom stereocenters. The van der Waals surface area contributed by atoms with Crippen molar-refractivity contribution in [3.8, 4) is 0 Å². The zero-order valence-electron chi connectivity index (χ0n) is 10.6. The first kappa shape index (κ1) is 12.4. The van der Waals surface area contributed by atoms with E-state index in [2.05, 4.69) is 59.0 Å². The number of hydrogen-bond donors (Lipinski definition) is 0. The highest BCUT2D eigenvalue weighted by atomic mass is 79.9. The number of benzene rings is 1. The molecule has 0 fully saturated rings. The average Bonchev–Trinajstić information content (AvgIpc) is 2.83. The molecule has 0 amide bonds. The Morgan fingerprint density at radius 2 is 2.11 bits per heavy atom. The van der Waals surface area contributed by atoms with Crippen LogP contribution in [0.1, 0.15) is 31.5 Å². The molecule has 0 aliphatic heterocycles. The van der Waals surface area contributed by atoms with Crippen LogP contribution < -0.4 is 0 Å². The molecule has 0 bridgehead atoms. The molecule has 3 heteroatoms. The van der Waals surface area contributed by atoms with Crippen molar-refractivity contribution in [1.82, 2.24) is 4.98 Å². The molecule has 3 rings (SSSR count). The SMILES string of the molecule is Cc1nc(CC2Cc3ccccc3C2Br)sc1C. The lowest BCUT2D eigenvalue weighted by atomic mass is 10.0. The number of alkyl halides is 1. The van der Waals surface area contributed by atoms with Gasteiger partial charge in [0.15, 0.2) is 0 Å². The Morgan fingerprint density at radius 3 is 2.78 bits per heavy atom. The number of thiazole rings is 1. The van der Waals surface area contributed by atoms with Crippen LogP contribution in [-0.2, 0) is 12.8 Å². The van der Waals surface area contributed by atoms with Gasteiger partial charge in [0.2, 0.25) is 0 Å². The highest BCUT2D eigenvalue weighted by molar-refractivity contribution is 9.09. The predicted molar refractivity (Wildman–Crippen MR) is 80.6 cm³/mol. The van der Waals surface area contributed by atoms with E-state index in [1.807, 2.05) is 11.3 Å². The van der Waals surface area contributed by atoms with Gasteiger partial charge in [-0.2, -0.15) is 0 Å². The van der Waals surface area contributed by atoms with E-state index in [1.54, 1.807) is 0 Å². The van der Waals surface area contributed by atoms with Crippen LogP contribution in [0.25, 0.3) is 0 Å². The summed E-state index contributed by atoms with van der Waals surface area (Å²) in [6.45, 7) is 4.26. The molecule has 0 spiro atoms. The van der Waals surface area contributed by atoms with Gasteiger partial charge in [0, 0.05) is 16.1 Å². The first-order valence-corrected chi connectivity index (χ1v) is 8.03. The molecule has 1 aromatic carbocycles. The van der Waals surface area contributed by atoms with Gasteiger partial charge in [0.05, 0.1) is 10.7 Å². The molecule has 0 N–H and O–H groups in total. The third-order valence-corrected chi connectivity index (χ3v) is 6.09. The summed E-state index contributed by atoms with van der Waals surface area (Å²) in [4.78, 5) is 6.51. The molecule has 1 nitrogen and oxygen atoms in total. The molecule has 1 heterocycles. The molecule has 2 unspecified atom stereocenters. The van der Waals surface area contributed by atoms with Crippen LogP contribution in [0.2, 0.25) is 0 Å². The molecular weight excluding hydrogens is 306 g/mol. The predicted octanol–water partition coefficient (Wildman–Crippen LogP) is 4.61. The van der Waals surface area contributed by atoms with E-state index in [9.17, 15) is 0 Å². The maximum Gasteiger partial charge on any atom is 0.0934 e. The fraction of sp³-hybridized carbons (Fsp3) is 0.400. The monoisotopic (exact) mass is 321 g/mol. The van der Waals surface area contributed by atoms with Crippen LogP contribution in [0, 0.1) is 19.8 Å². The van der Waals surface area contributed by atoms with Crippen molar-refractivity contribution in [3.63, 3.8) is 0 Å². The third-order valence-electron chi connectivity index (χ3n) is 3.76. The molecule has 94 valence electrons. The molecule has 0 saturated heterocycles. The van der Waals surface area contributed by atoms with Crippen LogP contribution >= 0.6 is 27.3 Å². The molecule has 18 heavy (non-hydrogen) atoms. The van der Waals surface area contributed by atoms with Crippen LogP contribution in [-0.4, -0.2) is 4.98 Å². The van der Waals surface area contributed by atoms with Crippen LogP contribution in [0.15, 0.2) is 24.3 Å². The van der Waals surface area contributed by atoms with E-state index in [-0.39, 0.29) is 0 Å². The largest absolute Gasteiger partial charge is 0.246 e. The van der Waals surface area contributed by atoms with Crippen molar-refractivity contribution in [2.24, 2.45) is 5.92 Å². The van der Waals surface area contributed by atoms with E-state index >= 15 is 0 Å². The minimum atomic E-state index is 0.484. The molecule has 1 aliphatic rings. The van der Waals surface area contributed by atoms with Gasteiger partial charge in [-0.15, -0.1) is 11.3 Å². The van der Waals surface area contributed by atoms with Crippen molar-refractivity contribution in [1.29, 1.82) is 0 Å². The molecule has 1 aliphatic carbocycles. The Balaban J connectivity index is 1.80. The van der Waals surface area contributed by atoms with Gasteiger partial charge < -0.3 is 0 Å². The van der Waals surface area contributed by atoms with Gasteiger partial charge in [-0.1, -0.05) is 40.2 Å². The number of nitrogens with zero attached hydrogens (tertiary/aromatic N) is 1. The lowest BCUT2D eigenvalue weighted by Crippen LogP contribution is -2.06. The first-order valence-electron chi connectivity index (χ1n) is 6.30. The summed E-state index contributed by atoms with van der Waals surface area (Å²) < 4.78 is 0. The van der Waals surface area contributed by atoms with Crippen molar-refractivity contribution in [2.45, 2.75) is 31.5 Å². The van der Waals surface area contributed by atoms with Gasteiger partial charge in [-0.3, -0.25) is 0 Å². The van der Waals surface area contributed by atoms with Crippen molar-refractivity contribution >= 4 is 27.3 Å². The van der Waals surface area contributed by atoms with E-state index < -0.39 is 0 Å². The molecule has 1 aromatic heterocycles. The second-order valence-electron chi connectivity index (χ2n) is 5.02. The number of hydrogen-bond acceptors (Lipinski definition) is 2. The van der Waals surface area contributed by atoms with E-state index in [1.165, 1.54) is 33.1 Å². The Bertz CT molecular complexity index is 556. The van der Waals surface area contributed by atoms with Crippen molar-refractivity contribution in [3.05, 3.63) is 51.0 Å². The quantitative estimate of drug-likeness (QED) is 0.736. The number of aryl methyl sites for hydroxylation is 2. The van der Waals surface area contributed by atoms with Gasteiger partial charge >= 0.3 is 0 Å². The van der Waals surface area contributed by atoms with Crippen LogP contribution in [0.5, 0.6) is 0 Å². The van der Waals surface area contributed by atoms with Crippen LogP contribution in [0.3, 0.4) is 0 Å². The second-order valence-corrected chi connectivity index (χ2v) is 7.29. The second kappa shape index (κ2) is 4.78. The van der Waals surface area contributed by atoms with E-state index in [4.69, 9.17) is 0 Å². The maximum atomic E-state index is 4.67. The van der Waals surface area contributed by atoms with Gasteiger partial charge in [-0.05, 0) is 37.3 Å². The minimum Gasteiger partial charge on any atom is -0.246 e. The fourth-order valence-electron chi connectivity index (χ4n) is 2.66. The van der Waals surface area contributed by atoms with Gasteiger partial charge in [0.25, 0.3) is 0 Å². The highest BCUT2D eigenvalue weighted by Gasteiger charge is 2.30. The normalized spacial score (nSPS) is 22.2. The molecule has 2 aromatic rings. The summed E-state index contributed by atoms with van der Waals surface area (Å²) in [6, 6.07) is 8.76. The summed E-state index contributed by atoms with van der Waals surface area (Å²) in [5.74, 6) is 0.646. The average molecular weight is 322 g/mol.